The largest absolute Gasteiger partial charge is 0.462 e. The van der Waals surface area contributed by atoms with Crippen LogP contribution in [0.1, 0.15) is 393 Å². The summed E-state index contributed by atoms with van der Waals surface area (Å²) in [5.41, 5.74) is 0. The highest BCUT2D eigenvalue weighted by molar-refractivity contribution is 5.71. The molecule has 0 saturated heterocycles. The van der Waals surface area contributed by atoms with Crippen molar-refractivity contribution in [1.29, 1.82) is 0 Å². The van der Waals surface area contributed by atoms with Crippen molar-refractivity contribution in [2.75, 3.05) is 13.2 Å². The lowest BCUT2D eigenvalue weighted by molar-refractivity contribution is -0.167. The Hall–Kier alpha value is -2.37. The molecule has 0 radical (unpaired) electrons. The first-order valence-corrected chi connectivity index (χ1v) is 35.5. The van der Waals surface area contributed by atoms with Gasteiger partial charge < -0.3 is 14.2 Å². The van der Waals surface area contributed by atoms with Crippen molar-refractivity contribution in [2.24, 2.45) is 0 Å². The Kier molecular flexibility index (Phi) is 66.1. The average molecular weight is 1110 g/mol. The van der Waals surface area contributed by atoms with Crippen LogP contribution in [0.2, 0.25) is 0 Å². The Bertz CT molecular complexity index is 1320. The van der Waals surface area contributed by atoms with Crippen molar-refractivity contribution < 1.29 is 28.6 Å². The van der Waals surface area contributed by atoms with E-state index >= 15 is 0 Å². The first kappa shape index (κ1) is 76.6. The van der Waals surface area contributed by atoms with Crippen LogP contribution in [0, 0.1) is 0 Å². The molecule has 0 amide bonds. The average Bonchev–Trinajstić information content (AvgIpc) is 3.45. The van der Waals surface area contributed by atoms with Crippen LogP contribution in [-0.4, -0.2) is 37.2 Å². The molecule has 0 spiro atoms. The maximum absolute atomic E-state index is 12.9. The summed E-state index contributed by atoms with van der Waals surface area (Å²) in [5, 5.41) is 0. The predicted octanol–water partition coefficient (Wildman–Crippen LogP) is 24.3. The third-order valence-corrected chi connectivity index (χ3v) is 16.1. The number of esters is 3. The number of unbranched alkanes of at least 4 members (excludes halogenated alkanes) is 49. The maximum Gasteiger partial charge on any atom is 0.306 e. The summed E-state index contributed by atoms with van der Waals surface area (Å²) < 4.78 is 17.0. The fraction of sp³-hybridized carbons (Fsp3) is 0.877. The van der Waals surface area contributed by atoms with E-state index in [9.17, 15) is 14.4 Å². The van der Waals surface area contributed by atoms with Gasteiger partial charge in [-0.05, 0) is 77.0 Å². The Morgan fingerprint density at radius 3 is 0.722 bits per heavy atom. The fourth-order valence-corrected chi connectivity index (χ4v) is 10.8. The minimum absolute atomic E-state index is 0.0762. The molecule has 0 heterocycles. The minimum atomic E-state index is -0.782. The van der Waals surface area contributed by atoms with Gasteiger partial charge in [-0.1, -0.05) is 333 Å². The molecule has 0 aromatic carbocycles. The normalized spacial score (nSPS) is 12.2. The van der Waals surface area contributed by atoms with Gasteiger partial charge >= 0.3 is 17.9 Å². The van der Waals surface area contributed by atoms with E-state index in [0.29, 0.717) is 19.3 Å². The zero-order valence-electron chi connectivity index (χ0n) is 53.4. The minimum Gasteiger partial charge on any atom is -0.462 e. The standard InChI is InChI=1S/C73H136O6/c1-4-7-10-13-16-19-22-25-28-31-32-33-34-35-36-37-38-39-40-41-42-43-46-48-51-54-57-60-63-66-72(75)78-69-70(79-73(76)67-64-61-58-55-52-49-45-30-27-24-21-18-15-12-9-6-3)68-77-71(74)65-62-59-56-53-50-47-44-29-26-23-20-17-14-11-8-5-2/h21,24,29-30,44-45,70H,4-20,22-23,25-28,31-43,46-69H2,1-3H3/b24-21-,44-29-,45-30-. The molecule has 0 aromatic rings. The molecule has 0 bridgehead atoms. The van der Waals surface area contributed by atoms with Crippen molar-refractivity contribution in [3.63, 3.8) is 0 Å². The van der Waals surface area contributed by atoms with Crippen LogP contribution in [-0.2, 0) is 28.6 Å². The van der Waals surface area contributed by atoms with Crippen molar-refractivity contribution in [2.45, 2.75) is 399 Å². The lowest BCUT2D eigenvalue weighted by Gasteiger charge is -2.18. The number of hydrogen-bond donors (Lipinski definition) is 0. The van der Waals surface area contributed by atoms with Crippen LogP contribution in [0.4, 0.5) is 0 Å². The summed E-state index contributed by atoms with van der Waals surface area (Å²) in [6.07, 6.45) is 84.7. The van der Waals surface area contributed by atoms with E-state index < -0.39 is 6.10 Å². The van der Waals surface area contributed by atoms with E-state index in [1.165, 1.54) is 263 Å². The summed E-state index contributed by atoms with van der Waals surface area (Å²) in [7, 11) is 0. The van der Waals surface area contributed by atoms with Crippen LogP contribution in [0.25, 0.3) is 0 Å². The molecule has 0 aliphatic carbocycles. The highest BCUT2D eigenvalue weighted by atomic mass is 16.6. The number of allylic oxidation sites excluding steroid dienone is 6. The topological polar surface area (TPSA) is 78.9 Å². The number of ether oxygens (including phenoxy) is 3. The molecule has 6 heteroatoms. The fourth-order valence-electron chi connectivity index (χ4n) is 10.8. The van der Waals surface area contributed by atoms with Crippen LogP contribution in [0.5, 0.6) is 0 Å². The molecule has 0 aromatic heterocycles. The number of carbonyl (C=O) groups is 3. The van der Waals surface area contributed by atoms with Gasteiger partial charge in [0.25, 0.3) is 0 Å². The smallest absolute Gasteiger partial charge is 0.306 e. The molecule has 79 heavy (non-hydrogen) atoms. The van der Waals surface area contributed by atoms with E-state index in [1.54, 1.807) is 0 Å². The van der Waals surface area contributed by atoms with E-state index in [4.69, 9.17) is 14.2 Å². The summed E-state index contributed by atoms with van der Waals surface area (Å²) in [5.74, 6) is -0.872. The molecule has 6 nitrogen and oxygen atoms in total. The van der Waals surface area contributed by atoms with E-state index in [2.05, 4.69) is 57.2 Å². The van der Waals surface area contributed by atoms with Gasteiger partial charge in [-0.15, -0.1) is 0 Å². The Labute approximate surface area is 493 Å². The molecule has 0 aliphatic heterocycles. The quantitative estimate of drug-likeness (QED) is 0.0261. The summed E-state index contributed by atoms with van der Waals surface area (Å²) in [6.45, 7) is 6.67. The zero-order chi connectivity index (χ0) is 57.1. The lowest BCUT2D eigenvalue weighted by Crippen LogP contribution is -2.30. The van der Waals surface area contributed by atoms with Gasteiger partial charge in [0.1, 0.15) is 13.2 Å². The maximum atomic E-state index is 12.9. The molecular weight excluding hydrogens is 973 g/mol. The van der Waals surface area contributed by atoms with E-state index in [1.807, 2.05) is 0 Å². The number of rotatable bonds is 66. The predicted molar refractivity (Wildman–Crippen MR) is 344 cm³/mol. The molecule has 0 rings (SSSR count). The van der Waals surface area contributed by atoms with E-state index in [-0.39, 0.29) is 31.1 Å². The second-order valence-corrected chi connectivity index (χ2v) is 24.1. The van der Waals surface area contributed by atoms with Crippen LogP contribution in [0.3, 0.4) is 0 Å². The highest BCUT2D eigenvalue weighted by Gasteiger charge is 2.19. The van der Waals surface area contributed by atoms with Crippen molar-refractivity contribution >= 4 is 17.9 Å². The third kappa shape index (κ3) is 66.3. The highest BCUT2D eigenvalue weighted by Crippen LogP contribution is 2.18. The van der Waals surface area contributed by atoms with Gasteiger partial charge in [-0.3, -0.25) is 14.4 Å². The van der Waals surface area contributed by atoms with Crippen LogP contribution >= 0.6 is 0 Å². The van der Waals surface area contributed by atoms with Crippen molar-refractivity contribution in [1.82, 2.24) is 0 Å². The molecule has 464 valence electrons. The van der Waals surface area contributed by atoms with Crippen molar-refractivity contribution in [3.8, 4) is 0 Å². The first-order valence-electron chi connectivity index (χ1n) is 35.5. The molecule has 1 atom stereocenters. The van der Waals surface area contributed by atoms with Gasteiger partial charge in [0.15, 0.2) is 6.10 Å². The number of hydrogen-bond acceptors (Lipinski definition) is 6. The SMILES string of the molecule is CCCCCC/C=C\C/C=C\CCCCCCCC(=O)OC(COC(=O)CCCCCCC/C=C\CCCCCCCCC)COC(=O)CCCCCCCCCCCCCCCCCCCCCCCCCCCCCCC. The molecule has 1 unspecified atom stereocenters. The second-order valence-electron chi connectivity index (χ2n) is 24.1. The van der Waals surface area contributed by atoms with E-state index in [0.717, 1.165) is 89.9 Å². The Balaban J connectivity index is 4.20. The summed E-state index contributed by atoms with van der Waals surface area (Å²) >= 11 is 0. The van der Waals surface area contributed by atoms with Gasteiger partial charge in [-0.2, -0.15) is 0 Å². The summed E-state index contributed by atoms with van der Waals surface area (Å²) in [4.78, 5) is 38.4. The number of carbonyl (C=O) groups excluding carboxylic acids is 3. The first-order chi connectivity index (χ1) is 39.0. The van der Waals surface area contributed by atoms with Gasteiger partial charge in [0.2, 0.25) is 0 Å². The van der Waals surface area contributed by atoms with Crippen molar-refractivity contribution in [3.05, 3.63) is 36.5 Å². The van der Waals surface area contributed by atoms with Crippen LogP contribution in [0.15, 0.2) is 36.5 Å². The molecule has 0 aliphatic rings. The Morgan fingerprint density at radius 2 is 0.456 bits per heavy atom. The van der Waals surface area contributed by atoms with Gasteiger partial charge in [0, 0.05) is 19.3 Å². The molecule has 0 fully saturated rings. The Morgan fingerprint density at radius 1 is 0.253 bits per heavy atom. The monoisotopic (exact) mass is 1110 g/mol. The molecule has 0 saturated carbocycles. The lowest BCUT2D eigenvalue weighted by atomic mass is 10.0. The van der Waals surface area contributed by atoms with Gasteiger partial charge in [-0.25, -0.2) is 0 Å². The molecule has 0 N–H and O–H groups in total. The van der Waals surface area contributed by atoms with Crippen LogP contribution < -0.4 is 0 Å². The zero-order valence-corrected chi connectivity index (χ0v) is 53.4. The third-order valence-electron chi connectivity index (χ3n) is 16.1. The summed E-state index contributed by atoms with van der Waals surface area (Å²) in [6, 6.07) is 0. The van der Waals surface area contributed by atoms with Gasteiger partial charge in [0.05, 0.1) is 0 Å². The molecular formula is C73H136O6. The second kappa shape index (κ2) is 68.1.